The molecule has 0 saturated carbocycles. The van der Waals surface area contributed by atoms with E-state index in [0.717, 1.165) is 11.3 Å². The number of nitrogens with two attached hydrogens (primary N) is 1. The first-order valence-electron chi connectivity index (χ1n) is 5.64. The molecule has 0 aliphatic heterocycles. The van der Waals surface area contributed by atoms with Crippen LogP contribution in [0.3, 0.4) is 0 Å². The van der Waals surface area contributed by atoms with Crippen molar-refractivity contribution in [3.63, 3.8) is 0 Å². The van der Waals surface area contributed by atoms with Gasteiger partial charge < -0.3 is 16.2 Å². The van der Waals surface area contributed by atoms with Crippen molar-refractivity contribution >= 4 is 34.6 Å². The Bertz CT molecular complexity index is 641. The molecule has 5 heteroatoms. The highest BCUT2D eigenvalue weighted by Crippen LogP contribution is 2.28. The van der Waals surface area contributed by atoms with E-state index >= 15 is 0 Å². The van der Waals surface area contributed by atoms with Crippen molar-refractivity contribution in [3.05, 3.63) is 52.5 Å². The van der Waals surface area contributed by atoms with Gasteiger partial charge in [-0.3, -0.25) is 0 Å². The number of halogens is 1. The summed E-state index contributed by atoms with van der Waals surface area (Å²) in [7, 11) is 0. The molecule has 2 aromatic carbocycles. The second-order valence-corrected chi connectivity index (χ2v) is 4.55. The number of benzene rings is 2. The molecule has 0 atom stereocenters. The van der Waals surface area contributed by atoms with Crippen molar-refractivity contribution in [2.24, 2.45) is 0 Å². The lowest BCUT2D eigenvalue weighted by atomic mass is 10.1. The van der Waals surface area contributed by atoms with E-state index in [1.807, 2.05) is 13.0 Å². The van der Waals surface area contributed by atoms with Gasteiger partial charge in [-0.25, -0.2) is 4.79 Å². The highest BCUT2D eigenvalue weighted by atomic mass is 35.5. The summed E-state index contributed by atoms with van der Waals surface area (Å²) >= 11 is 6.03. The van der Waals surface area contributed by atoms with Crippen LogP contribution < -0.4 is 11.1 Å². The smallest absolute Gasteiger partial charge is 0.337 e. The Balaban J connectivity index is 2.44. The van der Waals surface area contributed by atoms with Gasteiger partial charge >= 0.3 is 5.97 Å². The molecule has 2 aromatic rings. The Morgan fingerprint density at radius 2 is 2.00 bits per heavy atom. The first-order chi connectivity index (χ1) is 8.99. The van der Waals surface area contributed by atoms with Crippen molar-refractivity contribution in [3.8, 4) is 0 Å². The Morgan fingerprint density at radius 3 is 2.68 bits per heavy atom. The number of hydrogen-bond acceptors (Lipinski definition) is 3. The normalized spacial score (nSPS) is 10.2. The Hall–Kier alpha value is -2.20. The first-order valence-corrected chi connectivity index (χ1v) is 6.02. The number of nitrogens with one attached hydrogen (secondary N) is 1. The lowest BCUT2D eigenvalue weighted by Gasteiger charge is -2.13. The van der Waals surface area contributed by atoms with Crippen LogP contribution in [0.15, 0.2) is 36.4 Å². The summed E-state index contributed by atoms with van der Waals surface area (Å²) < 4.78 is 0. The van der Waals surface area contributed by atoms with Gasteiger partial charge in [-0.2, -0.15) is 0 Å². The molecule has 2 rings (SSSR count). The quantitative estimate of drug-likeness (QED) is 0.748. The Morgan fingerprint density at radius 1 is 1.26 bits per heavy atom. The van der Waals surface area contributed by atoms with Gasteiger partial charge in [-0.05, 0) is 42.8 Å². The van der Waals surface area contributed by atoms with Crippen LogP contribution in [0.5, 0.6) is 0 Å². The number of anilines is 3. The predicted octanol–water partition coefficient (Wildman–Crippen LogP) is 3.67. The second-order valence-electron chi connectivity index (χ2n) is 4.15. The van der Waals surface area contributed by atoms with Gasteiger partial charge in [0, 0.05) is 16.4 Å². The average molecular weight is 277 g/mol. The first kappa shape index (κ1) is 13.2. The summed E-state index contributed by atoms with van der Waals surface area (Å²) in [6.45, 7) is 1.86. The average Bonchev–Trinajstić information content (AvgIpc) is 2.36. The van der Waals surface area contributed by atoms with E-state index in [0.29, 0.717) is 16.4 Å². The number of carbonyl (C=O) groups is 1. The standard InChI is InChI=1S/C14H13ClN2O2/c1-8-11(15)3-2-4-12(8)17-13-6-5-9(16)7-10(13)14(18)19/h2-7,17H,16H2,1H3,(H,18,19). The van der Waals surface area contributed by atoms with Crippen molar-refractivity contribution in [2.75, 3.05) is 11.1 Å². The largest absolute Gasteiger partial charge is 0.478 e. The number of aromatic carboxylic acids is 1. The minimum atomic E-state index is -1.03. The maximum Gasteiger partial charge on any atom is 0.337 e. The molecule has 0 heterocycles. The number of carboxylic acids is 1. The maximum absolute atomic E-state index is 11.2. The van der Waals surface area contributed by atoms with E-state index in [1.165, 1.54) is 6.07 Å². The molecule has 0 fully saturated rings. The monoisotopic (exact) mass is 276 g/mol. The van der Waals surface area contributed by atoms with Crippen molar-refractivity contribution < 1.29 is 9.90 Å². The second kappa shape index (κ2) is 5.20. The van der Waals surface area contributed by atoms with E-state index in [2.05, 4.69) is 5.32 Å². The molecule has 98 valence electrons. The van der Waals surface area contributed by atoms with Crippen LogP contribution in [0.2, 0.25) is 5.02 Å². The van der Waals surface area contributed by atoms with Gasteiger partial charge in [-0.1, -0.05) is 17.7 Å². The van der Waals surface area contributed by atoms with Crippen LogP contribution in [-0.4, -0.2) is 11.1 Å². The molecule has 0 unspecified atom stereocenters. The number of rotatable bonds is 3. The third-order valence-corrected chi connectivity index (χ3v) is 3.22. The van der Waals surface area contributed by atoms with Gasteiger partial charge in [0.2, 0.25) is 0 Å². The zero-order chi connectivity index (χ0) is 14.0. The van der Waals surface area contributed by atoms with Crippen LogP contribution >= 0.6 is 11.6 Å². The molecule has 0 bridgehead atoms. The fourth-order valence-electron chi connectivity index (χ4n) is 1.74. The molecule has 0 amide bonds. The minimum Gasteiger partial charge on any atom is -0.478 e. The van der Waals surface area contributed by atoms with E-state index < -0.39 is 5.97 Å². The summed E-state index contributed by atoms with van der Waals surface area (Å²) in [5.41, 5.74) is 8.23. The third-order valence-electron chi connectivity index (χ3n) is 2.81. The summed E-state index contributed by atoms with van der Waals surface area (Å²) in [5.74, 6) is -1.03. The summed E-state index contributed by atoms with van der Waals surface area (Å²) in [5, 5.41) is 12.9. The highest BCUT2D eigenvalue weighted by Gasteiger charge is 2.12. The molecule has 0 radical (unpaired) electrons. The molecular formula is C14H13ClN2O2. The van der Waals surface area contributed by atoms with Gasteiger partial charge in [0.05, 0.1) is 11.3 Å². The van der Waals surface area contributed by atoms with Gasteiger partial charge in [-0.15, -0.1) is 0 Å². The zero-order valence-electron chi connectivity index (χ0n) is 10.3. The molecule has 0 spiro atoms. The molecule has 0 aromatic heterocycles. The third kappa shape index (κ3) is 2.80. The lowest BCUT2D eigenvalue weighted by molar-refractivity contribution is 0.0698. The number of carboxylic acid groups (broad SMARTS) is 1. The van der Waals surface area contributed by atoms with Gasteiger partial charge in [0.25, 0.3) is 0 Å². The minimum absolute atomic E-state index is 0.124. The summed E-state index contributed by atoms with van der Waals surface area (Å²) in [6.07, 6.45) is 0. The van der Waals surface area contributed by atoms with Crippen molar-refractivity contribution in [1.82, 2.24) is 0 Å². The summed E-state index contributed by atoms with van der Waals surface area (Å²) in [6, 6.07) is 10.1. The summed E-state index contributed by atoms with van der Waals surface area (Å²) in [4.78, 5) is 11.2. The van der Waals surface area contributed by atoms with Gasteiger partial charge in [0.15, 0.2) is 0 Å². The molecule has 4 nitrogen and oxygen atoms in total. The lowest BCUT2D eigenvalue weighted by Crippen LogP contribution is -2.04. The Labute approximate surface area is 115 Å². The SMILES string of the molecule is Cc1c(Cl)cccc1Nc1ccc(N)cc1C(=O)O. The predicted molar refractivity (Wildman–Crippen MR) is 77.3 cm³/mol. The molecule has 0 aliphatic rings. The number of hydrogen-bond donors (Lipinski definition) is 3. The van der Waals surface area contributed by atoms with Crippen LogP contribution in [0, 0.1) is 6.92 Å². The van der Waals surface area contributed by atoms with Crippen LogP contribution in [-0.2, 0) is 0 Å². The van der Waals surface area contributed by atoms with Crippen LogP contribution in [0.1, 0.15) is 15.9 Å². The van der Waals surface area contributed by atoms with E-state index in [4.69, 9.17) is 17.3 Å². The topological polar surface area (TPSA) is 75.3 Å². The van der Waals surface area contributed by atoms with Crippen molar-refractivity contribution in [2.45, 2.75) is 6.92 Å². The van der Waals surface area contributed by atoms with Crippen LogP contribution in [0.4, 0.5) is 17.1 Å². The van der Waals surface area contributed by atoms with E-state index in [-0.39, 0.29) is 5.56 Å². The van der Waals surface area contributed by atoms with Crippen molar-refractivity contribution in [1.29, 1.82) is 0 Å². The molecule has 19 heavy (non-hydrogen) atoms. The molecule has 0 aliphatic carbocycles. The number of nitrogen functional groups attached to an aromatic ring is 1. The van der Waals surface area contributed by atoms with E-state index in [9.17, 15) is 9.90 Å². The molecule has 4 N–H and O–H groups in total. The van der Waals surface area contributed by atoms with E-state index in [1.54, 1.807) is 24.3 Å². The fraction of sp³-hybridized carbons (Fsp3) is 0.0714. The molecule has 0 saturated heterocycles. The fourth-order valence-corrected chi connectivity index (χ4v) is 1.91. The zero-order valence-corrected chi connectivity index (χ0v) is 11.0. The maximum atomic E-state index is 11.2. The highest BCUT2D eigenvalue weighted by molar-refractivity contribution is 6.31. The molecular weight excluding hydrogens is 264 g/mol. The van der Waals surface area contributed by atoms with Gasteiger partial charge in [0.1, 0.15) is 0 Å². The van der Waals surface area contributed by atoms with Crippen LogP contribution in [0.25, 0.3) is 0 Å². The Kier molecular flexibility index (Phi) is 3.62.